The van der Waals surface area contributed by atoms with Crippen molar-refractivity contribution in [2.75, 3.05) is 27.3 Å². The Kier molecular flexibility index (Phi) is 6.92. The molecule has 146 valence electrons. The van der Waals surface area contributed by atoms with Gasteiger partial charge in [-0.25, -0.2) is 4.98 Å². The number of nitrogens with two attached hydrogens (primary N) is 1. The average Bonchev–Trinajstić information content (AvgIpc) is 3.10. The molecule has 0 spiro atoms. The normalized spacial score (nSPS) is 13.9. The van der Waals surface area contributed by atoms with Gasteiger partial charge in [0, 0.05) is 24.4 Å². The number of hydrogen-bond acceptors (Lipinski definition) is 5. The van der Waals surface area contributed by atoms with Crippen molar-refractivity contribution in [3.63, 3.8) is 0 Å². The lowest BCUT2D eigenvalue weighted by Gasteiger charge is -2.10. The van der Waals surface area contributed by atoms with Crippen molar-refractivity contribution >= 4 is 17.3 Å². The molecule has 0 bridgehead atoms. The number of thiazole rings is 1. The van der Waals surface area contributed by atoms with E-state index in [0.29, 0.717) is 12.5 Å². The predicted molar refractivity (Wildman–Crippen MR) is 110 cm³/mol. The van der Waals surface area contributed by atoms with Crippen molar-refractivity contribution in [2.45, 2.75) is 38.5 Å². The summed E-state index contributed by atoms with van der Waals surface area (Å²) in [7, 11) is 3.28. The van der Waals surface area contributed by atoms with Crippen LogP contribution in [0.3, 0.4) is 0 Å². The maximum Gasteiger partial charge on any atom is 0.188 e. The zero-order valence-corrected chi connectivity index (χ0v) is 16.9. The van der Waals surface area contributed by atoms with Crippen LogP contribution in [0.4, 0.5) is 0 Å². The number of fused-ring (bicyclic) bond motifs is 1. The number of nitrogens with one attached hydrogen (secondary N) is 1. The minimum atomic E-state index is 0.483. The fourth-order valence-corrected chi connectivity index (χ4v) is 4.36. The van der Waals surface area contributed by atoms with E-state index in [1.165, 1.54) is 34.8 Å². The van der Waals surface area contributed by atoms with Gasteiger partial charge in [0.25, 0.3) is 0 Å². The highest BCUT2D eigenvalue weighted by molar-refractivity contribution is 7.11. The van der Waals surface area contributed by atoms with Crippen LogP contribution in [-0.2, 0) is 25.7 Å². The molecular formula is C20H28N4O2S. The summed E-state index contributed by atoms with van der Waals surface area (Å²) in [5, 5.41) is 4.36. The number of rotatable bonds is 8. The van der Waals surface area contributed by atoms with Gasteiger partial charge in [-0.2, -0.15) is 0 Å². The largest absolute Gasteiger partial charge is 0.493 e. The van der Waals surface area contributed by atoms with Gasteiger partial charge in [-0.1, -0.05) is 6.07 Å². The minimum absolute atomic E-state index is 0.483. The zero-order valence-electron chi connectivity index (χ0n) is 16.1. The Morgan fingerprint density at radius 1 is 1.19 bits per heavy atom. The second-order valence-corrected chi connectivity index (χ2v) is 7.74. The fourth-order valence-electron chi connectivity index (χ4n) is 3.21. The van der Waals surface area contributed by atoms with Gasteiger partial charge in [0.2, 0.25) is 0 Å². The number of ether oxygens (including phenoxy) is 2. The summed E-state index contributed by atoms with van der Waals surface area (Å²) >= 11 is 1.84. The van der Waals surface area contributed by atoms with Crippen molar-refractivity contribution in [2.24, 2.45) is 10.7 Å². The maximum absolute atomic E-state index is 5.98. The second kappa shape index (κ2) is 9.60. The third-order valence-electron chi connectivity index (χ3n) is 4.67. The van der Waals surface area contributed by atoms with Gasteiger partial charge in [-0.05, 0) is 49.8 Å². The Balaban J connectivity index is 1.42. The lowest BCUT2D eigenvalue weighted by atomic mass is 10.0. The minimum Gasteiger partial charge on any atom is -0.493 e. The highest BCUT2D eigenvalue weighted by atomic mass is 32.1. The highest BCUT2D eigenvalue weighted by Gasteiger charge is 2.14. The molecule has 0 fully saturated rings. The predicted octanol–water partition coefficient (Wildman–Crippen LogP) is 2.73. The van der Waals surface area contributed by atoms with E-state index in [4.69, 9.17) is 20.2 Å². The molecule has 0 atom stereocenters. The average molecular weight is 389 g/mol. The molecule has 1 heterocycles. The number of hydrogen-bond donors (Lipinski definition) is 2. The van der Waals surface area contributed by atoms with E-state index in [-0.39, 0.29) is 0 Å². The molecule has 7 heteroatoms. The van der Waals surface area contributed by atoms with Crippen LogP contribution in [0.25, 0.3) is 0 Å². The van der Waals surface area contributed by atoms with Crippen LogP contribution in [0.1, 0.15) is 34.0 Å². The molecule has 0 amide bonds. The number of nitrogens with zero attached hydrogens (tertiary/aromatic N) is 2. The second-order valence-electron chi connectivity index (χ2n) is 6.57. The molecule has 3 N–H and O–H groups in total. The van der Waals surface area contributed by atoms with Gasteiger partial charge in [0.15, 0.2) is 17.5 Å². The van der Waals surface area contributed by atoms with Crippen LogP contribution in [0.2, 0.25) is 0 Å². The summed E-state index contributed by atoms with van der Waals surface area (Å²) in [6.07, 6.45) is 6.57. The maximum atomic E-state index is 5.98. The Hall–Kier alpha value is -2.28. The molecule has 0 saturated heterocycles. The van der Waals surface area contributed by atoms with E-state index >= 15 is 0 Å². The van der Waals surface area contributed by atoms with Gasteiger partial charge in [0.1, 0.15) is 0 Å². The molecule has 0 unspecified atom stereocenters. The molecule has 1 aromatic heterocycles. The number of aromatic nitrogens is 1. The van der Waals surface area contributed by atoms with E-state index in [0.717, 1.165) is 42.9 Å². The molecule has 1 aliphatic rings. The van der Waals surface area contributed by atoms with Crippen molar-refractivity contribution in [1.29, 1.82) is 0 Å². The van der Waals surface area contributed by atoms with Crippen molar-refractivity contribution in [3.8, 4) is 11.5 Å². The van der Waals surface area contributed by atoms with E-state index in [1.807, 2.05) is 29.5 Å². The van der Waals surface area contributed by atoms with E-state index in [9.17, 15) is 0 Å². The first-order valence-electron chi connectivity index (χ1n) is 9.41. The lowest BCUT2D eigenvalue weighted by molar-refractivity contribution is 0.354. The lowest BCUT2D eigenvalue weighted by Crippen LogP contribution is -2.33. The molecule has 0 saturated carbocycles. The van der Waals surface area contributed by atoms with E-state index in [2.05, 4.69) is 10.3 Å². The van der Waals surface area contributed by atoms with Crippen LogP contribution >= 0.6 is 11.3 Å². The van der Waals surface area contributed by atoms with Crippen LogP contribution < -0.4 is 20.5 Å². The van der Waals surface area contributed by atoms with Gasteiger partial charge >= 0.3 is 0 Å². The van der Waals surface area contributed by atoms with Crippen molar-refractivity contribution in [3.05, 3.63) is 39.3 Å². The molecular weight excluding hydrogens is 360 g/mol. The number of guanidine groups is 1. The first-order valence-corrected chi connectivity index (χ1v) is 10.2. The quantitative estimate of drug-likeness (QED) is 0.537. The molecule has 1 aromatic carbocycles. The fraction of sp³-hybridized carbons (Fsp3) is 0.500. The number of aryl methyl sites for hydroxylation is 2. The monoisotopic (exact) mass is 388 g/mol. The third kappa shape index (κ3) is 5.35. The van der Waals surface area contributed by atoms with Gasteiger partial charge in [-0.15, -0.1) is 11.3 Å². The van der Waals surface area contributed by atoms with Crippen LogP contribution in [0.5, 0.6) is 11.5 Å². The van der Waals surface area contributed by atoms with Crippen LogP contribution in [0.15, 0.2) is 23.2 Å². The molecule has 1 aliphatic carbocycles. The Bertz CT molecular complexity index is 765. The van der Waals surface area contributed by atoms with Gasteiger partial charge in [-0.3, -0.25) is 4.99 Å². The summed E-state index contributed by atoms with van der Waals surface area (Å²) in [4.78, 5) is 10.6. The third-order valence-corrected chi connectivity index (χ3v) is 5.88. The topological polar surface area (TPSA) is 81.8 Å². The molecule has 27 heavy (non-hydrogen) atoms. The highest BCUT2D eigenvalue weighted by Crippen LogP contribution is 2.28. The Labute approximate surface area is 164 Å². The summed E-state index contributed by atoms with van der Waals surface area (Å²) < 4.78 is 10.6. The Morgan fingerprint density at radius 2 is 2.00 bits per heavy atom. The number of aliphatic imine (C=N–C) groups is 1. The van der Waals surface area contributed by atoms with Gasteiger partial charge < -0.3 is 20.5 Å². The molecule has 0 aliphatic heterocycles. The molecule has 2 aromatic rings. The van der Waals surface area contributed by atoms with Crippen molar-refractivity contribution < 1.29 is 9.47 Å². The van der Waals surface area contributed by atoms with Crippen LogP contribution in [-0.4, -0.2) is 38.3 Å². The number of methoxy groups -OCH3 is 2. The summed E-state index contributed by atoms with van der Waals surface area (Å²) in [5.41, 5.74) is 8.44. The standard InChI is InChI=1S/C20H28N4O2S/c1-25-16-8-7-14(13-17(16)26-2)9-11-22-20(21)23-12-10-19-24-15-5-3-4-6-18(15)27-19/h7-8,13H,3-6,9-12H2,1-2H3,(H3,21,22,23). The smallest absolute Gasteiger partial charge is 0.188 e. The first-order chi connectivity index (χ1) is 13.2. The molecule has 0 radical (unpaired) electrons. The van der Waals surface area contributed by atoms with Gasteiger partial charge in [0.05, 0.1) is 24.9 Å². The number of benzene rings is 1. The zero-order chi connectivity index (χ0) is 19.1. The summed E-state index contributed by atoms with van der Waals surface area (Å²) in [6.45, 7) is 1.39. The first kappa shape index (κ1) is 19.5. The van der Waals surface area contributed by atoms with E-state index in [1.54, 1.807) is 14.2 Å². The Morgan fingerprint density at radius 3 is 2.78 bits per heavy atom. The molecule has 6 nitrogen and oxygen atoms in total. The van der Waals surface area contributed by atoms with E-state index < -0.39 is 0 Å². The summed E-state index contributed by atoms with van der Waals surface area (Å²) in [5.74, 6) is 1.96. The van der Waals surface area contributed by atoms with Crippen LogP contribution in [0, 0.1) is 0 Å². The SMILES string of the molecule is COc1ccc(CCNC(N)=NCCc2nc3c(s2)CCCC3)cc1OC. The van der Waals surface area contributed by atoms with Crippen molar-refractivity contribution in [1.82, 2.24) is 10.3 Å². The molecule has 3 rings (SSSR count). The summed E-state index contributed by atoms with van der Waals surface area (Å²) in [6, 6.07) is 5.93.